The van der Waals surface area contributed by atoms with Crippen molar-refractivity contribution in [2.45, 2.75) is 26.2 Å². The fourth-order valence-corrected chi connectivity index (χ4v) is 2.69. The monoisotopic (exact) mass is 274 g/mol. The zero-order valence-corrected chi connectivity index (χ0v) is 12.2. The van der Waals surface area contributed by atoms with Gasteiger partial charge in [-0.2, -0.15) is 5.26 Å². The number of H-pyrrole nitrogens is 1. The van der Waals surface area contributed by atoms with Gasteiger partial charge >= 0.3 is 0 Å². The van der Waals surface area contributed by atoms with Crippen LogP contribution in [0.15, 0.2) is 48.5 Å². The van der Waals surface area contributed by atoms with Gasteiger partial charge in [0.15, 0.2) is 0 Å². The summed E-state index contributed by atoms with van der Waals surface area (Å²) < 4.78 is 0. The van der Waals surface area contributed by atoms with Crippen LogP contribution in [0.25, 0.3) is 22.2 Å². The highest BCUT2D eigenvalue weighted by atomic mass is 14.7. The Balaban J connectivity index is 2.02. The Labute approximate surface area is 125 Å². The average molecular weight is 274 g/mol. The van der Waals surface area contributed by atoms with E-state index in [-0.39, 0.29) is 0 Å². The second-order valence-electron chi connectivity index (χ2n) is 5.33. The number of nitriles is 1. The second-order valence-corrected chi connectivity index (χ2v) is 5.33. The van der Waals surface area contributed by atoms with E-state index in [0.717, 1.165) is 34.1 Å². The number of unbranched alkanes of at least 4 members (excludes halogenated alkanes) is 1. The normalized spacial score (nSPS) is 10.7. The van der Waals surface area contributed by atoms with Crippen molar-refractivity contribution >= 4 is 10.9 Å². The number of aromatic nitrogens is 1. The molecule has 3 rings (SSSR count). The van der Waals surface area contributed by atoms with Crippen LogP contribution in [0.1, 0.15) is 30.9 Å². The van der Waals surface area contributed by atoms with Gasteiger partial charge < -0.3 is 4.98 Å². The molecule has 0 amide bonds. The minimum absolute atomic E-state index is 0.729. The lowest BCUT2D eigenvalue weighted by atomic mass is 10.0. The lowest BCUT2D eigenvalue weighted by Gasteiger charge is -2.03. The van der Waals surface area contributed by atoms with Gasteiger partial charge in [-0.05, 0) is 30.0 Å². The molecule has 0 saturated heterocycles. The maximum absolute atomic E-state index is 9.47. The summed E-state index contributed by atoms with van der Waals surface area (Å²) in [6, 6.07) is 18.8. The van der Waals surface area contributed by atoms with Gasteiger partial charge in [-0.25, -0.2) is 0 Å². The summed E-state index contributed by atoms with van der Waals surface area (Å²) in [6.45, 7) is 2.21. The molecule has 0 saturated carbocycles. The summed E-state index contributed by atoms with van der Waals surface area (Å²) >= 11 is 0. The Morgan fingerprint density at radius 2 is 1.81 bits per heavy atom. The van der Waals surface area contributed by atoms with Gasteiger partial charge in [0.1, 0.15) is 6.07 Å². The third-order valence-corrected chi connectivity index (χ3v) is 3.88. The minimum atomic E-state index is 0.729. The molecular formula is C19H18N2. The summed E-state index contributed by atoms with van der Waals surface area (Å²) in [5, 5.41) is 10.5. The van der Waals surface area contributed by atoms with E-state index >= 15 is 0 Å². The van der Waals surface area contributed by atoms with Crippen LogP contribution in [-0.2, 0) is 6.42 Å². The number of aryl methyl sites for hydroxylation is 1. The molecule has 1 N–H and O–H groups in total. The van der Waals surface area contributed by atoms with E-state index in [9.17, 15) is 5.26 Å². The maximum atomic E-state index is 9.47. The number of nitrogens with zero attached hydrogens (tertiary/aromatic N) is 1. The fourth-order valence-electron chi connectivity index (χ4n) is 2.69. The van der Waals surface area contributed by atoms with Gasteiger partial charge in [0, 0.05) is 10.9 Å². The number of fused-ring (bicyclic) bond motifs is 1. The van der Waals surface area contributed by atoms with Gasteiger partial charge in [0.25, 0.3) is 0 Å². The predicted octanol–water partition coefficient (Wildman–Crippen LogP) is 5.05. The predicted molar refractivity (Wildman–Crippen MR) is 87.1 cm³/mol. The number of para-hydroxylation sites is 1. The van der Waals surface area contributed by atoms with E-state index in [2.05, 4.69) is 42.2 Å². The van der Waals surface area contributed by atoms with Gasteiger partial charge in [0.2, 0.25) is 0 Å². The third kappa shape index (κ3) is 2.55. The molecule has 0 aliphatic carbocycles. The molecule has 0 aliphatic rings. The fraction of sp³-hybridized carbons (Fsp3) is 0.211. The van der Waals surface area contributed by atoms with Crippen molar-refractivity contribution in [1.82, 2.24) is 4.98 Å². The topological polar surface area (TPSA) is 39.6 Å². The number of hydrogen-bond acceptors (Lipinski definition) is 1. The van der Waals surface area contributed by atoms with Gasteiger partial charge in [-0.1, -0.05) is 55.8 Å². The molecule has 3 aromatic rings. The average Bonchev–Trinajstić information content (AvgIpc) is 2.92. The summed E-state index contributed by atoms with van der Waals surface area (Å²) in [6.07, 6.45) is 3.55. The van der Waals surface area contributed by atoms with Crippen LogP contribution in [-0.4, -0.2) is 4.98 Å². The maximum Gasteiger partial charge on any atom is 0.102 e. The van der Waals surface area contributed by atoms with Crippen molar-refractivity contribution in [3.8, 4) is 17.3 Å². The molecular weight excluding hydrogens is 256 g/mol. The quantitative estimate of drug-likeness (QED) is 0.710. The summed E-state index contributed by atoms with van der Waals surface area (Å²) in [7, 11) is 0. The third-order valence-electron chi connectivity index (χ3n) is 3.88. The lowest BCUT2D eigenvalue weighted by molar-refractivity contribution is 0.795. The molecule has 104 valence electrons. The first-order valence-electron chi connectivity index (χ1n) is 7.43. The highest BCUT2D eigenvalue weighted by Gasteiger charge is 2.12. The van der Waals surface area contributed by atoms with Crippen LogP contribution in [0.2, 0.25) is 0 Å². The van der Waals surface area contributed by atoms with Gasteiger partial charge in [0.05, 0.1) is 11.3 Å². The number of hydrogen-bond donors (Lipinski definition) is 1. The summed E-state index contributed by atoms with van der Waals surface area (Å²) in [5.41, 5.74) is 5.09. The van der Waals surface area contributed by atoms with Gasteiger partial charge in [-0.3, -0.25) is 0 Å². The SMILES string of the molecule is CCCCc1ccc(-c2[nH]c3ccccc3c2C#N)cc1. The Morgan fingerprint density at radius 3 is 2.52 bits per heavy atom. The van der Waals surface area contributed by atoms with E-state index in [4.69, 9.17) is 0 Å². The van der Waals surface area contributed by atoms with Crippen LogP contribution in [0, 0.1) is 11.3 Å². The van der Waals surface area contributed by atoms with Crippen LogP contribution < -0.4 is 0 Å². The van der Waals surface area contributed by atoms with E-state index in [1.165, 1.54) is 18.4 Å². The van der Waals surface area contributed by atoms with Crippen molar-refractivity contribution < 1.29 is 0 Å². The molecule has 0 fully saturated rings. The number of nitrogens with one attached hydrogen (secondary N) is 1. The van der Waals surface area contributed by atoms with Crippen molar-refractivity contribution in [3.05, 3.63) is 59.7 Å². The minimum Gasteiger partial charge on any atom is -0.353 e. The van der Waals surface area contributed by atoms with Crippen molar-refractivity contribution in [1.29, 1.82) is 5.26 Å². The zero-order chi connectivity index (χ0) is 14.7. The molecule has 1 aromatic heterocycles. The molecule has 0 aliphatic heterocycles. The molecule has 0 unspecified atom stereocenters. The second kappa shape index (κ2) is 5.85. The first-order chi connectivity index (χ1) is 10.3. The zero-order valence-electron chi connectivity index (χ0n) is 12.2. The van der Waals surface area contributed by atoms with E-state index < -0.39 is 0 Å². The smallest absolute Gasteiger partial charge is 0.102 e. The number of aromatic amines is 1. The van der Waals surface area contributed by atoms with E-state index in [1.807, 2.05) is 24.3 Å². The van der Waals surface area contributed by atoms with Gasteiger partial charge in [-0.15, -0.1) is 0 Å². The number of rotatable bonds is 4. The first-order valence-corrected chi connectivity index (χ1v) is 7.43. The molecule has 2 nitrogen and oxygen atoms in total. The van der Waals surface area contributed by atoms with E-state index in [1.54, 1.807) is 0 Å². The molecule has 0 atom stereocenters. The van der Waals surface area contributed by atoms with Crippen molar-refractivity contribution in [2.75, 3.05) is 0 Å². The van der Waals surface area contributed by atoms with Crippen LogP contribution in [0.4, 0.5) is 0 Å². The van der Waals surface area contributed by atoms with Crippen molar-refractivity contribution in [2.24, 2.45) is 0 Å². The molecule has 21 heavy (non-hydrogen) atoms. The Hall–Kier alpha value is -2.53. The molecule has 0 spiro atoms. The largest absolute Gasteiger partial charge is 0.353 e. The Morgan fingerprint density at radius 1 is 1.05 bits per heavy atom. The first kappa shape index (κ1) is 13.5. The Bertz CT molecular complexity index is 789. The van der Waals surface area contributed by atoms with Crippen molar-refractivity contribution in [3.63, 3.8) is 0 Å². The molecule has 2 aromatic carbocycles. The molecule has 0 bridgehead atoms. The highest BCUT2D eigenvalue weighted by Crippen LogP contribution is 2.29. The van der Waals surface area contributed by atoms with Crippen LogP contribution >= 0.6 is 0 Å². The summed E-state index contributed by atoms with van der Waals surface area (Å²) in [4.78, 5) is 3.37. The molecule has 2 heteroatoms. The van der Waals surface area contributed by atoms with E-state index in [0.29, 0.717) is 0 Å². The number of benzene rings is 2. The summed E-state index contributed by atoms with van der Waals surface area (Å²) in [5.74, 6) is 0. The standard InChI is InChI=1S/C19H18N2/c1-2-3-6-14-9-11-15(12-10-14)19-17(13-20)16-7-4-5-8-18(16)21-19/h4-5,7-12,21H,2-3,6H2,1H3. The van der Waals surface area contributed by atoms with Crippen LogP contribution in [0.5, 0.6) is 0 Å². The van der Waals surface area contributed by atoms with Crippen LogP contribution in [0.3, 0.4) is 0 Å². The lowest BCUT2D eigenvalue weighted by Crippen LogP contribution is -1.86. The molecule has 0 radical (unpaired) electrons. The highest BCUT2D eigenvalue weighted by molar-refractivity contribution is 5.93. The Kier molecular flexibility index (Phi) is 3.75. The molecule has 1 heterocycles.